The van der Waals surface area contributed by atoms with Crippen LogP contribution in [0, 0.1) is 17.6 Å². The molecule has 2 N–H and O–H groups in total. The molecule has 0 radical (unpaired) electrons. The first-order valence-corrected chi connectivity index (χ1v) is 7.46. The highest BCUT2D eigenvalue weighted by molar-refractivity contribution is 5.92. The van der Waals surface area contributed by atoms with Crippen LogP contribution < -0.4 is 5.73 Å². The third kappa shape index (κ3) is 3.27. The van der Waals surface area contributed by atoms with Crippen molar-refractivity contribution in [2.45, 2.75) is 18.9 Å². The number of esters is 1. The van der Waals surface area contributed by atoms with Crippen molar-refractivity contribution in [3.63, 3.8) is 0 Å². The van der Waals surface area contributed by atoms with Crippen LogP contribution in [0.1, 0.15) is 33.8 Å². The minimum absolute atomic E-state index is 0.00515. The molecule has 0 saturated heterocycles. The first-order valence-electron chi connectivity index (χ1n) is 7.46. The van der Waals surface area contributed by atoms with Gasteiger partial charge in [-0.05, 0) is 35.7 Å². The average Bonchev–Trinajstić information content (AvgIpc) is 3.36. The summed E-state index contributed by atoms with van der Waals surface area (Å²) in [5, 5.41) is 0. The fourth-order valence-corrected chi connectivity index (χ4v) is 2.68. The van der Waals surface area contributed by atoms with Crippen molar-refractivity contribution < 1.29 is 23.1 Å². The monoisotopic (exact) mass is 331 g/mol. The topological polar surface area (TPSA) is 69.4 Å². The quantitative estimate of drug-likeness (QED) is 0.857. The number of carbonyl (C=O) groups excluding carboxylic acids is 2. The predicted octanol–water partition coefficient (Wildman–Crippen LogP) is 2.91. The number of hydrogen-bond donors (Lipinski definition) is 1. The Morgan fingerprint density at radius 1 is 1.17 bits per heavy atom. The largest absolute Gasteiger partial charge is 0.461 e. The lowest BCUT2D eigenvalue weighted by molar-refractivity contribution is -0.146. The lowest BCUT2D eigenvalue weighted by atomic mass is 10.1. The van der Waals surface area contributed by atoms with Gasteiger partial charge in [-0.25, -0.2) is 8.78 Å². The maximum absolute atomic E-state index is 13.7. The van der Waals surface area contributed by atoms with Crippen LogP contribution in [0.25, 0.3) is 0 Å². The Morgan fingerprint density at radius 2 is 1.92 bits per heavy atom. The summed E-state index contributed by atoms with van der Waals surface area (Å²) in [6.45, 7) is -0.00515. The van der Waals surface area contributed by atoms with Crippen molar-refractivity contribution in [2.75, 3.05) is 0 Å². The molecule has 124 valence electrons. The summed E-state index contributed by atoms with van der Waals surface area (Å²) < 4.78 is 32.2. The number of benzene rings is 2. The standard InChI is InChI=1S/C18H15F2NO3/c19-15-6-2-5-12(16(15)20)13-8-14(13)18(23)24-9-10-3-1-4-11(7-10)17(21)22/h1-7,13-14H,8-9H2,(H2,21,22)/t13-,14+/m1/s1. The van der Waals surface area contributed by atoms with Crippen molar-refractivity contribution in [3.8, 4) is 0 Å². The number of rotatable bonds is 5. The summed E-state index contributed by atoms with van der Waals surface area (Å²) in [4.78, 5) is 23.2. The van der Waals surface area contributed by atoms with E-state index in [0.29, 0.717) is 17.5 Å². The molecule has 2 aromatic rings. The smallest absolute Gasteiger partial charge is 0.309 e. The highest BCUT2D eigenvalue weighted by atomic mass is 19.2. The molecule has 1 fully saturated rings. The van der Waals surface area contributed by atoms with Crippen LogP contribution in [0.15, 0.2) is 42.5 Å². The third-order valence-corrected chi connectivity index (χ3v) is 4.07. The van der Waals surface area contributed by atoms with Gasteiger partial charge in [0.25, 0.3) is 0 Å². The Labute approximate surface area is 137 Å². The first-order chi connectivity index (χ1) is 11.5. The highest BCUT2D eigenvalue weighted by Crippen LogP contribution is 2.49. The van der Waals surface area contributed by atoms with E-state index >= 15 is 0 Å². The van der Waals surface area contributed by atoms with E-state index in [2.05, 4.69) is 0 Å². The van der Waals surface area contributed by atoms with Gasteiger partial charge < -0.3 is 10.5 Å². The number of nitrogens with two attached hydrogens (primary N) is 1. The third-order valence-electron chi connectivity index (χ3n) is 4.07. The first kappa shape index (κ1) is 16.1. The summed E-state index contributed by atoms with van der Waals surface area (Å²) in [6.07, 6.45) is 0.431. The predicted molar refractivity (Wildman–Crippen MR) is 82.0 cm³/mol. The molecule has 3 rings (SSSR count). The van der Waals surface area contributed by atoms with Crippen LogP contribution in [-0.2, 0) is 16.1 Å². The summed E-state index contributed by atoms with van der Waals surface area (Å²) in [5.74, 6) is -3.69. The minimum atomic E-state index is -0.921. The second-order valence-electron chi connectivity index (χ2n) is 5.76. The van der Waals surface area contributed by atoms with Crippen LogP contribution in [0.4, 0.5) is 8.78 Å². The van der Waals surface area contributed by atoms with Gasteiger partial charge in [0.1, 0.15) is 6.61 Å². The van der Waals surface area contributed by atoms with Gasteiger partial charge in [-0.1, -0.05) is 24.3 Å². The maximum Gasteiger partial charge on any atom is 0.309 e. The van der Waals surface area contributed by atoms with Crippen molar-refractivity contribution >= 4 is 11.9 Å². The Hall–Kier alpha value is -2.76. The van der Waals surface area contributed by atoms with Gasteiger partial charge >= 0.3 is 5.97 Å². The molecule has 0 aliphatic heterocycles. The van der Waals surface area contributed by atoms with E-state index in [1.54, 1.807) is 24.3 Å². The molecule has 0 aromatic heterocycles. The normalized spacial score (nSPS) is 18.9. The van der Waals surface area contributed by atoms with E-state index in [1.165, 1.54) is 12.1 Å². The molecule has 4 nitrogen and oxygen atoms in total. The van der Waals surface area contributed by atoms with Crippen molar-refractivity contribution in [3.05, 3.63) is 70.8 Å². The summed E-state index contributed by atoms with van der Waals surface area (Å²) in [5.41, 5.74) is 6.36. The summed E-state index contributed by atoms with van der Waals surface area (Å²) in [7, 11) is 0. The lowest BCUT2D eigenvalue weighted by Crippen LogP contribution is -2.12. The molecule has 6 heteroatoms. The van der Waals surface area contributed by atoms with E-state index in [0.717, 1.165) is 6.07 Å². The van der Waals surface area contributed by atoms with Gasteiger partial charge in [0.05, 0.1) is 5.92 Å². The maximum atomic E-state index is 13.7. The van der Waals surface area contributed by atoms with Gasteiger partial charge in [-0.2, -0.15) is 0 Å². The van der Waals surface area contributed by atoms with Crippen LogP contribution in [0.5, 0.6) is 0 Å². The highest BCUT2D eigenvalue weighted by Gasteiger charge is 2.46. The molecule has 1 aliphatic carbocycles. The molecule has 0 spiro atoms. The molecule has 24 heavy (non-hydrogen) atoms. The molecular formula is C18H15F2NO3. The molecule has 2 aromatic carbocycles. The molecular weight excluding hydrogens is 316 g/mol. The number of ether oxygens (including phenoxy) is 1. The second-order valence-corrected chi connectivity index (χ2v) is 5.76. The molecule has 0 unspecified atom stereocenters. The fourth-order valence-electron chi connectivity index (χ4n) is 2.68. The molecule has 0 bridgehead atoms. The number of carbonyl (C=O) groups is 2. The Kier molecular flexibility index (Phi) is 4.29. The van der Waals surface area contributed by atoms with Crippen LogP contribution in [0.3, 0.4) is 0 Å². The van der Waals surface area contributed by atoms with Crippen LogP contribution in [0.2, 0.25) is 0 Å². The Morgan fingerprint density at radius 3 is 2.67 bits per heavy atom. The average molecular weight is 331 g/mol. The molecule has 1 saturated carbocycles. The Bertz CT molecular complexity index is 807. The van der Waals surface area contributed by atoms with Crippen LogP contribution >= 0.6 is 0 Å². The zero-order chi connectivity index (χ0) is 17.3. The summed E-state index contributed by atoms with van der Waals surface area (Å²) >= 11 is 0. The lowest BCUT2D eigenvalue weighted by Gasteiger charge is -2.06. The molecule has 1 amide bonds. The summed E-state index contributed by atoms with van der Waals surface area (Å²) in [6, 6.07) is 10.4. The SMILES string of the molecule is NC(=O)c1cccc(COC(=O)[C@H]2C[C@@H]2c2cccc(F)c2F)c1. The van der Waals surface area contributed by atoms with E-state index in [9.17, 15) is 18.4 Å². The Balaban J connectivity index is 1.60. The molecule has 2 atom stereocenters. The van der Waals surface area contributed by atoms with E-state index < -0.39 is 29.4 Å². The fraction of sp³-hybridized carbons (Fsp3) is 0.222. The van der Waals surface area contributed by atoms with Gasteiger partial charge in [0.2, 0.25) is 5.91 Å². The van der Waals surface area contributed by atoms with Crippen molar-refractivity contribution in [1.29, 1.82) is 0 Å². The number of primary amides is 1. The van der Waals surface area contributed by atoms with Gasteiger partial charge in [0, 0.05) is 11.5 Å². The van der Waals surface area contributed by atoms with E-state index in [1.807, 2.05) is 0 Å². The molecule has 0 heterocycles. The van der Waals surface area contributed by atoms with E-state index in [4.69, 9.17) is 10.5 Å². The number of amides is 1. The second kappa shape index (κ2) is 6.39. The van der Waals surface area contributed by atoms with Gasteiger partial charge in [-0.15, -0.1) is 0 Å². The van der Waals surface area contributed by atoms with Crippen LogP contribution in [-0.4, -0.2) is 11.9 Å². The van der Waals surface area contributed by atoms with E-state index in [-0.39, 0.29) is 18.1 Å². The zero-order valence-corrected chi connectivity index (χ0v) is 12.7. The van der Waals surface area contributed by atoms with Crippen molar-refractivity contribution in [1.82, 2.24) is 0 Å². The number of halogens is 2. The molecule has 1 aliphatic rings. The number of hydrogen-bond acceptors (Lipinski definition) is 3. The zero-order valence-electron chi connectivity index (χ0n) is 12.7. The van der Waals surface area contributed by atoms with Gasteiger partial charge in [-0.3, -0.25) is 9.59 Å². The van der Waals surface area contributed by atoms with Crippen molar-refractivity contribution in [2.24, 2.45) is 11.7 Å². The minimum Gasteiger partial charge on any atom is -0.461 e. The van der Waals surface area contributed by atoms with Gasteiger partial charge in [0.15, 0.2) is 11.6 Å².